The molecule has 3 unspecified atom stereocenters. The molecular formula is C25H43NO8. The van der Waals surface area contributed by atoms with Crippen molar-refractivity contribution in [3.05, 3.63) is 12.2 Å². The molecule has 0 aromatic carbocycles. The molecule has 0 saturated heterocycles. The van der Waals surface area contributed by atoms with Crippen LogP contribution in [0, 0.1) is 17.3 Å². The van der Waals surface area contributed by atoms with Crippen LogP contribution in [0.4, 0.5) is 0 Å². The summed E-state index contributed by atoms with van der Waals surface area (Å²) < 4.78 is 21.0. The Morgan fingerprint density at radius 2 is 1.59 bits per heavy atom. The van der Waals surface area contributed by atoms with Crippen molar-refractivity contribution >= 4 is 23.9 Å². The third kappa shape index (κ3) is 11.6. The maximum absolute atomic E-state index is 13.1. The van der Waals surface area contributed by atoms with E-state index in [9.17, 15) is 19.2 Å². The molecule has 0 aromatic heterocycles. The Labute approximate surface area is 204 Å². The highest BCUT2D eigenvalue weighted by molar-refractivity contribution is 5.89. The fraction of sp³-hybridized carbons (Fsp3) is 0.760. The Morgan fingerprint density at radius 1 is 1.00 bits per heavy atom. The van der Waals surface area contributed by atoms with E-state index in [2.05, 4.69) is 6.58 Å². The molecule has 196 valence electrons. The number of likely N-dealkylation sites (N-methyl/N-ethyl adjacent to an activating group) is 1. The van der Waals surface area contributed by atoms with E-state index >= 15 is 0 Å². The zero-order valence-corrected chi connectivity index (χ0v) is 22.1. The van der Waals surface area contributed by atoms with Gasteiger partial charge in [-0.3, -0.25) is 9.59 Å². The van der Waals surface area contributed by atoms with Gasteiger partial charge in [-0.25, -0.2) is 9.59 Å². The van der Waals surface area contributed by atoms with Crippen LogP contribution in [0.3, 0.4) is 0 Å². The minimum atomic E-state index is -1.23. The summed E-state index contributed by atoms with van der Waals surface area (Å²) in [6.45, 7) is 13.1. The van der Waals surface area contributed by atoms with Crippen LogP contribution in [0.25, 0.3) is 0 Å². The molecule has 0 fully saturated rings. The van der Waals surface area contributed by atoms with Gasteiger partial charge in [0, 0.05) is 18.5 Å². The summed E-state index contributed by atoms with van der Waals surface area (Å²) in [7, 11) is 5.01. The lowest BCUT2D eigenvalue weighted by molar-refractivity contribution is -0.170. The van der Waals surface area contributed by atoms with Crippen molar-refractivity contribution in [3.8, 4) is 0 Å². The van der Waals surface area contributed by atoms with Gasteiger partial charge in [0.15, 0.2) is 6.10 Å². The van der Waals surface area contributed by atoms with E-state index in [1.165, 1.54) is 14.0 Å². The quantitative estimate of drug-likeness (QED) is 0.141. The number of carbonyl (C=O) groups is 4. The van der Waals surface area contributed by atoms with Gasteiger partial charge in [-0.05, 0) is 39.3 Å². The van der Waals surface area contributed by atoms with Crippen LogP contribution in [0.2, 0.25) is 0 Å². The molecule has 34 heavy (non-hydrogen) atoms. The number of rotatable bonds is 16. The second-order valence-corrected chi connectivity index (χ2v) is 9.57. The van der Waals surface area contributed by atoms with Crippen LogP contribution >= 0.6 is 0 Å². The van der Waals surface area contributed by atoms with Crippen LogP contribution in [-0.2, 0) is 38.1 Å². The normalized spacial score (nSPS) is 14.0. The summed E-state index contributed by atoms with van der Waals surface area (Å²) in [5, 5.41) is 0. The highest BCUT2D eigenvalue weighted by Crippen LogP contribution is 2.38. The molecule has 0 heterocycles. The number of carbonyl (C=O) groups excluding carboxylic acids is 4. The minimum absolute atomic E-state index is 0.00167. The van der Waals surface area contributed by atoms with Gasteiger partial charge >= 0.3 is 23.9 Å². The van der Waals surface area contributed by atoms with E-state index in [0.29, 0.717) is 13.0 Å². The average Bonchev–Trinajstić information content (AvgIpc) is 2.75. The number of esters is 4. The molecule has 9 nitrogen and oxygen atoms in total. The number of nitrogens with zero attached hydrogens (tertiary/aromatic N) is 1. The average molecular weight is 486 g/mol. The first-order valence-electron chi connectivity index (χ1n) is 11.7. The molecule has 0 N–H and O–H groups in total. The van der Waals surface area contributed by atoms with Gasteiger partial charge in [0.05, 0.1) is 25.6 Å². The Morgan fingerprint density at radius 3 is 2.09 bits per heavy atom. The number of hydrogen-bond acceptors (Lipinski definition) is 9. The molecule has 9 heteroatoms. The maximum atomic E-state index is 13.1. The monoisotopic (exact) mass is 485 g/mol. The number of ether oxygens (including phenoxy) is 4. The Hall–Kier alpha value is -2.42. The predicted octanol–water partition coefficient (Wildman–Crippen LogP) is 3.15. The second kappa shape index (κ2) is 15.5. The molecular weight excluding hydrogens is 442 g/mol. The molecule has 0 radical (unpaired) electrons. The molecule has 0 aliphatic carbocycles. The first-order valence-corrected chi connectivity index (χ1v) is 11.7. The number of methoxy groups -OCH3 is 1. The summed E-state index contributed by atoms with van der Waals surface area (Å²) in [5.41, 5.74) is -0.746. The molecule has 0 aromatic rings. The topological polar surface area (TPSA) is 108 Å². The molecule has 3 atom stereocenters. The first kappa shape index (κ1) is 31.6. The summed E-state index contributed by atoms with van der Waals surface area (Å²) in [6.07, 6.45) is 0.418. The molecule has 0 saturated carbocycles. The maximum Gasteiger partial charge on any atom is 0.347 e. The van der Waals surface area contributed by atoms with E-state index in [-0.39, 0.29) is 31.6 Å². The van der Waals surface area contributed by atoms with E-state index in [4.69, 9.17) is 18.9 Å². The third-order valence-corrected chi connectivity index (χ3v) is 5.52. The van der Waals surface area contributed by atoms with Crippen molar-refractivity contribution in [2.24, 2.45) is 17.3 Å². The zero-order valence-electron chi connectivity index (χ0n) is 22.1. The minimum Gasteiger partial charge on any atom is -0.469 e. The lowest BCUT2D eigenvalue weighted by Gasteiger charge is -2.36. The lowest BCUT2D eigenvalue weighted by Crippen LogP contribution is -2.41. The smallest absolute Gasteiger partial charge is 0.347 e. The molecule has 0 bridgehead atoms. The SMILES string of the molecule is C=C(C)C(=O)OC(CC(C)(C)C(CC(C)C(=O)OC)C(=O)OCCN(C)C)C(=O)OCCCC. The second-order valence-electron chi connectivity index (χ2n) is 9.57. The van der Waals surface area contributed by atoms with Crippen molar-refractivity contribution in [2.45, 2.75) is 66.4 Å². The standard InChI is InChI=1S/C25H43NO8/c1-10-11-13-32-24(30)20(34-21(27)17(2)3)16-25(5,6)19(15-18(4)22(28)31-9)23(29)33-14-12-26(7)8/h18-20H,2,10-16H2,1,3-9H3. The van der Waals surface area contributed by atoms with Crippen molar-refractivity contribution in [1.29, 1.82) is 0 Å². The van der Waals surface area contributed by atoms with Crippen molar-refractivity contribution in [3.63, 3.8) is 0 Å². The molecule has 0 aliphatic heterocycles. The number of unbranched alkanes of at least 4 members (excludes halogenated alkanes) is 1. The molecule has 0 spiro atoms. The van der Waals surface area contributed by atoms with Gasteiger partial charge in [-0.1, -0.05) is 40.7 Å². The molecule has 0 amide bonds. The Kier molecular flexibility index (Phi) is 14.4. The fourth-order valence-corrected chi connectivity index (χ4v) is 3.25. The first-order chi connectivity index (χ1) is 15.8. The Balaban J connectivity index is 5.83. The van der Waals surface area contributed by atoms with Gasteiger partial charge in [0.1, 0.15) is 6.61 Å². The van der Waals surface area contributed by atoms with Gasteiger partial charge in [0.2, 0.25) is 0 Å². The van der Waals surface area contributed by atoms with Gasteiger partial charge in [-0.2, -0.15) is 0 Å². The summed E-state index contributed by atoms with van der Waals surface area (Å²) in [6, 6.07) is 0. The van der Waals surface area contributed by atoms with Crippen molar-refractivity contribution < 1.29 is 38.1 Å². The van der Waals surface area contributed by atoms with Crippen LogP contribution in [0.5, 0.6) is 0 Å². The van der Waals surface area contributed by atoms with Gasteiger partial charge in [0.25, 0.3) is 0 Å². The largest absolute Gasteiger partial charge is 0.469 e. The van der Waals surface area contributed by atoms with E-state index < -0.39 is 47.2 Å². The van der Waals surface area contributed by atoms with Gasteiger partial charge < -0.3 is 23.8 Å². The predicted molar refractivity (Wildman–Crippen MR) is 128 cm³/mol. The summed E-state index contributed by atoms with van der Waals surface area (Å²) >= 11 is 0. The number of hydrogen-bond donors (Lipinski definition) is 0. The summed E-state index contributed by atoms with van der Waals surface area (Å²) in [5.74, 6) is -3.70. The van der Waals surface area contributed by atoms with Crippen LogP contribution < -0.4 is 0 Å². The van der Waals surface area contributed by atoms with Crippen LogP contribution in [0.15, 0.2) is 12.2 Å². The molecule has 0 aliphatic rings. The van der Waals surface area contributed by atoms with E-state index in [0.717, 1.165) is 6.42 Å². The van der Waals surface area contributed by atoms with Crippen LogP contribution in [-0.4, -0.2) is 75.8 Å². The van der Waals surface area contributed by atoms with Crippen LogP contribution in [0.1, 0.15) is 60.3 Å². The summed E-state index contributed by atoms with van der Waals surface area (Å²) in [4.78, 5) is 52.0. The third-order valence-electron chi connectivity index (χ3n) is 5.52. The van der Waals surface area contributed by atoms with Gasteiger partial charge in [-0.15, -0.1) is 0 Å². The Bertz CT molecular complexity index is 701. The lowest BCUT2D eigenvalue weighted by atomic mass is 9.71. The highest BCUT2D eigenvalue weighted by Gasteiger charge is 2.43. The van der Waals surface area contributed by atoms with Crippen molar-refractivity contribution in [1.82, 2.24) is 4.90 Å². The highest BCUT2D eigenvalue weighted by atomic mass is 16.6. The van der Waals surface area contributed by atoms with Crippen molar-refractivity contribution in [2.75, 3.05) is 41.0 Å². The van der Waals surface area contributed by atoms with E-state index in [1.807, 2.05) is 25.9 Å². The molecule has 0 rings (SSSR count). The van der Waals surface area contributed by atoms with E-state index in [1.54, 1.807) is 20.8 Å². The zero-order chi connectivity index (χ0) is 26.5. The fourth-order valence-electron chi connectivity index (χ4n) is 3.25.